The van der Waals surface area contributed by atoms with Crippen molar-refractivity contribution in [1.82, 2.24) is 24.1 Å². The minimum atomic E-state index is -0.192. The summed E-state index contributed by atoms with van der Waals surface area (Å²) in [5.41, 5.74) is 2.56. The van der Waals surface area contributed by atoms with Crippen molar-refractivity contribution in [3.8, 4) is 11.3 Å². The summed E-state index contributed by atoms with van der Waals surface area (Å²) in [5, 5.41) is 5.89. The van der Waals surface area contributed by atoms with Crippen molar-refractivity contribution in [3.63, 3.8) is 0 Å². The van der Waals surface area contributed by atoms with Gasteiger partial charge in [-0.05, 0) is 29.8 Å². The third-order valence-electron chi connectivity index (χ3n) is 4.74. The molecule has 3 aromatic heterocycles. The third-order valence-corrected chi connectivity index (χ3v) is 5.34. The second kappa shape index (κ2) is 6.99. The molecular weight excluding hydrogens is 409 g/mol. The molecule has 0 N–H and O–H groups in total. The number of hydrogen-bond acceptors (Lipinski definition) is 4. The summed E-state index contributed by atoms with van der Waals surface area (Å²) >= 11 is 12.5. The number of aromatic nitrogens is 5. The van der Waals surface area contributed by atoms with Crippen molar-refractivity contribution in [3.05, 3.63) is 93.1 Å². The first-order valence-electron chi connectivity index (χ1n) is 8.84. The first-order valence-corrected chi connectivity index (χ1v) is 9.59. The second-order valence-corrected chi connectivity index (χ2v) is 7.39. The van der Waals surface area contributed by atoms with Gasteiger partial charge in [0.2, 0.25) is 0 Å². The Morgan fingerprint density at radius 1 is 1.00 bits per heavy atom. The predicted molar refractivity (Wildman–Crippen MR) is 114 cm³/mol. The molecule has 0 aliphatic heterocycles. The Hall–Kier alpha value is -3.22. The maximum absolute atomic E-state index is 13.5. The molecule has 142 valence electrons. The number of benzene rings is 2. The summed E-state index contributed by atoms with van der Waals surface area (Å²) in [6.07, 6.45) is 3.13. The van der Waals surface area contributed by atoms with E-state index in [2.05, 4.69) is 15.1 Å². The number of nitrogens with zero attached hydrogens (tertiary/aromatic N) is 5. The normalized spacial score (nSPS) is 11.4. The van der Waals surface area contributed by atoms with E-state index in [9.17, 15) is 4.79 Å². The molecule has 5 aromatic rings. The number of hydrogen-bond donors (Lipinski definition) is 0. The fraction of sp³-hybridized carbons (Fsp3) is 0.0476. The molecule has 6 nitrogen and oxygen atoms in total. The number of rotatable bonds is 3. The van der Waals surface area contributed by atoms with Crippen LogP contribution in [0, 0.1) is 0 Å². The van der Waals surface area contributed by atoms with E-state index in [-0.39, 0.29) is 5.56 Å². The van der Waals surface area contributed by atoms with Crippen molar-refractivity contribution >= 4 is 39.9 Å². The minimum absolute atomic E-state index is 0.192. The van der Waals surface area contributed by atoms with Crippen molar-refractivity contribution in [2.75, 3.05) is 0 Å². The van der Waals surface area contributed by atoms with Crippen LogP contribution < -0.4 is 5.56 Å². The average Bonchev–Trinajstić information content (AvgIpc) is 3.18. The zero-order valence-electron chi connectivity index (χ0n) is 15.0. The highest BCUT2D eigenvalue weighted by molar-refractivity contribution is 6.31. The zero-order chi connectivity index (χ0) is 20.0. The van der Waals surface area contributed by atoms with Gasteiger partial charge < -0.3 is 4.57 Å². The van der Waals surface area contributed by atoms with Crippen molar-refractivity contribution < 1.29 is 0 Å². The molecule has 0 saturated heterocycles. The van der Waals surface area contributed by atoms with Gasteiger partial charge in [0, 0.05) is 21.8 Å². The number of pyridine rings is 1. The Morgan fingerprint density at radius 2 is 1.86 bits per heavy atom. The third kappa shape index (κ3) is 3.06. The fourth-order valence-corrected chi connectivity index (χ4v) is 3.79. The van der Waals surface area contributed by atoms with Crippen LogP contribution in [0.25, 0.3) is 27.9 Å². The molecule has 0 amide bonds. The number of halogens is 2. The summed E-state index contributed by atoms with van der Waals surface area (Å²) in [7, 11) is 0. The highest BCUT2D eigenvalue weighted by Crippen LogP contribution is 2.28. The fourth-order valence-electron chi connectivity index (χ4n) is 3.40. The Balaban J connectivity index is 1.82. The second-order valence-electron chi connectivity index (χ2n) is 6.54. The zero-order valence-corrected chi connectivity index (χ0v) is 16.5. The topological polar surface area (TPSA) is 65.1 Å². The van der Waals surface area contributed by atoms with Gasteiger partial charge in [0.1, 0.15) is 6.33 Å². The van der Waals surface area contributed by atoms with Crippen LogP contribution >= 0.6 is 23.2 Å². The van der Waals surface area contributed by atoms with Crippen LogP contribution in [0.15, 0.2) is 71.9 Å². The number of fused-ring (bicyclic) bond motifs is 2. The van der Waals surface area contributed by atoms with E-state index in [0.29, 0.717) is 39.0 Å². The monoisotopic (exact) mass is 421 g/mol. The largest absolute Gasteiger partial charge is 0.310 e. The van der Waals surface area contributed by atoms with Gasteiger partial charge in [-0.3, -0.25) is 4.79 Å². The molecule has 0 radical (unpaired) electrons. The smallest absolute Gasteiger partial charge is 0.262 e. The van der Waals surface area contributed by atoms with Gasteiger partial charge in [0.25, 0.3) is 11.3 Å². The summed E-state index contributed by atoms with van der Waals surface area (Å²) in [5.74, 6) is 0.413. The molecule has 0 unspecified atom stereocenters. The van der Waals surface area contributed by atoms with Crippen LogP contribution in [0.1, 0.15) is 5.56 Å². The average molecular weight is 422 g/mol. The Labute approximate surface area is 175 Å². The Kier molecular flexibility index (Phi) is 4.30. The molecule has 0 fully saturated rings. The summed E-state index contributed by atoms with van der Waals surface area (Å²) in [4.78, 5) is 22.2. The molecule has 5 rings (SSSR count). The first-order chi connectivity index (χ1) is 14.1. The molecule has 8 heteroatoms. The van der Waals surface area contributed by atoms with Gasteiger partial charge in [0.05, 0.1) is 23.1 Å². The molecule has 2 aromatic carbocycles. The lowest BCUT2D eigenvalue weighted by Crippen LogP contribution is -2.22. The molecule has 0 atom stereocenters. The predicted octanol–water partition coefficient (Wildman–Crippen LogP) is 4.46. The maximum Gasteiger partial charge on any atom is 0.262 e. The summed E-state index contributed by atoms with van der Waals surface area (Å²) < 4.78 is 3.18. The van der Waals surface area contributed by atoms with Crippen LogP contribution in [0.4, 0.5) is 0 Å². The molecule has 29 heavy (non-hydrogen) atoms. The van der Waals surface area contributed by atoms with E-state index in [1.165, 1.54) is 6.33 Å². The van der Waals surface area contributed by atoms with Crippen LogP contribution in [0.2, 0.25) is 10.0 Å². The van der Waals surface area contributed by atoms with E-state index in [4.69, 9.17) is 23.2 Å². The standard InChI is InChI=1S/C21H13Cl2N5O/c22-15-6-3-5-13(10-15)19-18-17(26-21-24-12-25-28(19)21)8-9-27(20(18)29)11-14-4-1-2-7-16(14)23/h1-10,12H,11H2. The van der Waals surface area contributed by atoms with Gasteiger partial charge in [-0.2, -0.15) is 14.6 Å². The van der Waals surface area contributed by atoms with Crippen LogP contribution in [0.5, 0.6) is 0 Å². The van der Waals surface area contributed by atoms with Gasteiger partial charge in [-0.1, -0.05) is 53.5 Å². The molecule has 0 aliphatic carbocycles. The van der Waals surface area contributed by atoms with Gasteiger partial charge in [0.15, 0.2) is 0 Å². The van der Waals surface area contributed by atoms with E-state index < -0.39 is 0 Å². The molecule has 0 aliphatic rings. The van der Waals surface area contributed by atoms with E-state index in [1.807, 2.05) is 30.3 Å². The highest BCUT2D eigenvalue weighted by Gasteiger charge is 2.17. The van der Waals surface area contributed by atoms with Crippen LogP contribution in [-0.2, 0) is 6.54 Å². The summed E-state index contributed by atoms with van der Waals surface area (Å²) in [6, 6.07) is 16.5. The first kappa shape index (κ1) is 17.8. The van der Waals surface area contributed by atoms with Crippen LogP contribution in [-0.4, -0.2) is 24.1 Å². The van der Waals surface area contributed by atoms with Crippen molar-refractivity contribution in [2.24, 2.45) is 0 Å². The maximum atomic E-state index is 13.5. The Morgan fingerprint density at radius 3 is 2.69 bits per heavy atom. The lowest BCUT2D eigenvalue weighted by atomic mass is 10.1. The summed E-state index contributed by atoms with van der Waals surface area (Å²) in [6.45, 7) is 0.346. The highest BCUT2D eigenvalue weighted by atomic mass is 35.5. The quantitative estimate of drug-likeness (QED) is 0.431. The van der Waals surface area contributed by atoms with Gasteiger partial charge >= 0.3 is 0 Å². The SMILES string of the molecule is O=c1c2c(-c3cccc(Cl)c3)n3ncnc3nc2ccn1Cc1ccccc1Cl. The minimum Gasteiger partial charge on any atom is -0.310 e. The van der Waals surface area contributed by atoms with Gasteiger partial charge in [-0.25, -0.2) is 4.98 Å². The Bertz CT molecular complexity index is 1440. The molecule has 3 heterocycles. The van der Waals surface area contributed by atoms with E-state index >= 15 is 0 Å². The van der Waals surface area contributed by atoms with E-state index in [1.54, 1.807) is 39.5 Å². The van der Waals surface area contributed by atoms with Gasteiger partial charge in [-0.15, -0.1) is 0 Å². The lowest BCUT2D eigenvalue weighted by molar-refractivity contribution is 0.766. The molecular formula is C21H13Cl2N5O. The molecule has 0 bridgehead atoms. The van der Waals surface area contributed by atoms with Crippen molar-refractivity contribution in [1.29, 1.82) is 0 Å². The van der Waals surface area contributed by atoms with E-state index in [0.717, 1.165) is 11.1 Å². The van der Waals surface area contributed by atoms with Crippen LogP contribution in [0.3, 0.4) is 0 Å². The van der Waals surface area contributed by atoms with Crippen molar-refractivity contribution in [2.45, 2.75) is 6.54 Å². The molecule has 0 spiro atoms. The molecule has 0 saturated carbocycles. The lowest BCUT2D eigenvalue weighted by Gasteiger charge is -2.12.